The molecule has 1 aliphatic carbocycles. The molecule has 5 nitrogen and oxygen atoms in total. The highest BCUT2D eigenvalue weighted by molar-refractivity contribution is 5.68. The maximum Gasteiger partial charge on any atom is 0.407 e. The quantitative estimate of drug-likeness (QED) is 0.829. The molecule has 0 aromatic heterocycles. The fraction of sp³-hybridized carbons (Fsp3) is 0.650. The summed E-state index contributed by atoms with van der Waals surface area (Å²) in [6.45, 7) is 6.56. The minimum Gasteiger partial charge on any atom is -0.444 e. The van der Waals surface area contributed by atoms with E-state index in [0.717, 1.165) is 25.8 Å². The summed E-state index contributed by atoms with van der Waals surface area (Å²) in [5, 5.41) is 6.68. The van der Waals surface area contributed by atoms with Crippen molar-refractivity contribution in [2.75, 3.05) is 20.6 Å². The zero-order valence-corrected chi connectivity index (χ0v) is 16.2. The first kappa shape index (κ1) is 19.7. The number of alkyl carbamates (subject to hydrolysis) is 1. The van der Waals surface area contributed by atoms with Crippen molar-refractivity contribution in [3.05, 3.63) is 35.9 Å². The molecule has 140 valence electrons. The van der Waals surface area contributed by atoms with Gasteiger partial charge in [0.15, 0.2) is 0 Å². The average Bonchev–Trinajstić information content (AvgIpc) is 2.93. The molecule has 1 aromatic rings. The van der Waals surface area contributed by atoms with Crippen molar-refractivity contribution in [3.8, 4) is 0 Å². The topological polar surface area (TPSA) is 53.6 Å². The van der Waals surface area contributed by atoms with Crippen LogP contribution in [0.25, 0.3) is 0 Å². The van der Waals surface area contributed by atoms with Crippen LogP contribution in [-0.4, -0.2) is 49.3 Å². The number of carbonyl (C=O) groups is 1. The maximum atomic E-state index is 11.9. The van der Waals surface area contributed by atoms with Crippen molar-refractivity contribution in [2.24, 2.45) is 0 Å². The molecule has 25 heavy (non-hydrogen) atoms. The number of carbonyl (C=O) groups excluding carboxylic acids is 1. The largest absolute Gasteiger partial charge is 0.444 e. The Bertz CT molecular complexity index is 540. The molecule has 1 saturated carbocycles. The Morgan fingerprint density at radius 1 is 1.20 bits per heavy atom. The highest BCUT2D eigenvalue weighted by Crippen LogP contribution is 2.22. The first-order valence-electron chi connectivity index (χ1n) is 9.19. The summed E-state index contributed by atoms with van der Waals surface area (Å²) >= 11 is 0. The summed E-state index contributed by atoms with van der Waals surface area (Å²) in [5.74, 6) is 0. The Kier molecular flexibility index (Phi) is 6.85. The number of nitrogens with one attached hydrogen (secondary N) is 2. The minimum atomic E-state index is -0.449. The minimum absolute atomic E-state index is 0.196. The zero-order chi connectivity index (χ0) is 18.4. The predicted octanol–water partition coefficient (Wildman–Crippen LogP) is 3.32. The Morgan fingerprint density at radius 2 is 1.84 bits per heavy atom. The normalized spacial score (nSPS) is 22.0. The van der Waals surface area contributed by atoms with E-state index >= 15 is 0 Å². The summed E-state index contributed by atoms with van der Waals surface area (Å²) in [6.07, 6.45) is 2.71. The average molecular weight is 348 g/mol. The highest BCUT2D eigenvalue weighted by atomic mass is 16.6. The second-order valence-electron chi connectivity index (χ2n) is 8.15. The van der Waals surface area contributed by atoms with Crippen LogP contribution < -0.4 is 10.6 Å². The van der Waals surface area contributed by atoms with E-state index < -0.39 is 5.60 Å². The van der Waals surface area contributed by atoms with Crippen molar-refractivity contribution in [2.45, 2.75) is 63.8 Å². The molecule has 1 aliphatic rings. The van der Waals surface area contributed by atoms with Gasteiger partial charge in [-0.1, -0.05) is 30.3 Å². The molecule has 1 amide bonds. The fourth-order valence-electron chi connectivity index (χ4n) is 3.32. The van der Waals surface area contributed by atoms with Gasteiger partial charge in [-0.05, 0) is 59.7 Å². The van der Waals surface area contributed by atoms with E-state index in [1.54, 1.807) is 0 Å². The van der Waals surface area contributed by atoms with Gasteiger partial charge in [-0.25, -0.2) is 4.79 Å². The second-order valence-corrected chi connectivity index (χ2v) is 8.15. The number of likely N-dealkylation sites (N-methyl/N-ethyl adjacent to an activating group) is 1. The third kappa shape index (κ3) is 6.67. The SMILES string of the molecule is CN(C)C(CNC1CCC(NC(=O)OC(C)(C)C)C1)c1ccccc1. The number of hydrogen-bond acceptors (Lipinski definition) is 4. The lowest BCUT2D eigenvalue weighted by Crippen LogP contribution is -2.40. The lowest BCUT2D eigenvalue weighted by Gasteiger charge is -2.27. The van der Waals surface area contributed by atoms with E-state index in [2.05, 4.69) is 53.9 Å². The monoisotopic (exact) mass is 347 g/mol. The van der Waals surface area contributed by atoms with E-state index in [4.69, 9.17) is 4.74 Å². The molecule has 1 aromatic carbocycles. The molecule has 0 heterocycles. The highest BCUT2D eigenvalue weighted by Gasteiger charge is 2.28. The first-order valence-corrected chi connectivity index (χ1v) is 9.19. The molecule has 3 unspecified atom stereocenters. The van der Waals surface area contributed by atoms with Crippen LogP contribution in [0.3, 0.4) is 0 Å². The molecule has 3 atom stereocenters. The summed E-state index contributed by atoms with van der Waals surface area (Å²) in [4.78, 5) is 14.1. The molecule has 0 aliphatic heterocycles. The van der Waals surface area contributed by atoms with Gasteiger partial charge in [-0.2, -0.15) is 0 Å². The molecule has 0 bridgehead atoms. The Labute approximate surface area is 152 Å². The summed E-state index contributed by atoms with van der Waals surface area (Å²) in [5.41, 5.74) is 0.871. The molecule has 1 fully saturated rings. The van der Waals surface area contributed by atoms with Crippen LogP contribution in [0.5, 0.6) is 0 Å². The van der Waals surface area contributed by atoms with Gasteiger partial charge < -0.3 is 20.3 Å². The number of ether oxygens (including phenoxy) is 1. The van der Waals surface area contributed by atoms with Crippen molar-refractivity contribution in [1.29, 1.82) is 0 Å². The number of benzene rings is 1. The van der Waals surface area contributed by atoms with Crippen LogP contribution in [0.1, 0.15) is 51.6 Å². The van der Waals surface area contributed by atoms with E-state index in [0.29, 0.717) is 12.1 Å². The first-order chi connectivity index (χ1) is 11.7. The van der Waals surface area contributed by atoms with E-state index in [9.17, 15) is 4.79 Å². The van der Waals surface area contributed by atoms with Gasteiger partial charge in [0, 0.05) is 24.7 Å². The van der Waals surface area contributed by atoms with Gasteiger partial charge in [0.25, 0.3) is 0 Å². The van der Waals surface area contributed by atoms with Gasteiger partial charge >= 0.3 is 6.09 Å². The number of amides is 1. The molecular weight excluding hydrogens is 314 g/mol. The van der Waals surface area contributed by atoms with Crippen LogP contribution in [-0.2, 0) is 4.74 Å². The van der Waals surface area contributed by atoms with E-state index in [1.165, 1.54) is 5.56 Å². The van der Waals surface area contributed by atoms with Crippen molar-refractivity contribution < 1.29 is 9.53 Å². The smallest absolute Gasteiger partial charge is 0.407 e. The van der Waals surface area contributed by atoms with Crippen molar-refractivity contribution >= 4 is 6.09 Å². The van der Waals surface area contributed by atoms with Gasteiger partial charge in [-0.15, -0.1) is 0 Å². The van der Waals surface area contributed by atoms with Gasteiger partial charge in [0.05, 0.1) is 0 Å². The number of hydrogen-bond donors (Lipinski definition) is 2. The molecule has 2 N–H and O–H groups in total. The van der Waals surface area contributed by atoms with Crippen LogP contribution in [0.15, 0.2) is 30.3 Å². The Morgan fingerprint density at radius 3 is 2.44 bits per heavy atom. The third-order valence-electron chi connectivity index (χ3n) is 4.56. The summed E-state index contributed by atoms with van der Waals surface area (Å²) in [6, 6.07) is 11.5. The molecule has 5 heteroatoms. The number of nitrogens with zero attached hydrogens (tertiary/aromatic N) is 1. The molecule has 2 rings (SSSR count). The van der Waals surface area contributed by atoms with Crippen LogP contribution in [0.4, 0.5) is 4.79 Å². The fourth-order valence-corrected chi connectivity index (χ4v) is 3.32. The summed E-state index contributed by atoms with van der Waals surface area (Å²) < 4.78 is 5.35. The Hall–Kier alpha value is -1.59. The molecule has 0 radical (unpaired) electrons. The van der Waals surface area contributed by atoms with Crippen LogP contribution >= 0.6 is 0 Å². The van der Waals surface area contributed by atoms with Gasteiger partial charge in [0.2, 0.25) is 0 Å². The molecule has 0 saturated heterocycles. The third-order valence-corrected chi connectivity index (χ3v) is 4.56. The molecule has 0 spiro atoms. The lowest BCUT2D eigenvalue weighted by atomic mass is 10.1. The number of rotatable bonds is 6. The molecular formula is C20H33N3O2. The van der Waals surface area contributed by atoms with Crippen LogP contribution in [0.2, 0.25) is 0 Å². The maximum absolute atomic E-state index is 11.9. The van der Waals surface area contributed by atoms with Crippen LogP contribution in [0, 0.1) is 0 Å². The predicted molar refractivity (Wildman–Crippen MR) is 102 cm³/mol. The second kappa shape index (κ2) is 8.68. The van der Waals surface area contributed by atoms with Crippen molar-refractivity contribution in [3.63, 3.8) is 0 Å². The zero-order valence-electron chi connectivity index (χ0n) is 16.2. The van der Waals surface area contributed by atoms with E-state index in [1.807, 2.05) is 26.8 Å². The lowest BCUT2D eigenvalue weighted by molar-refractivity contribution is 0.0505. The summed E-state index contributed by atoms with van der Waals surface area (Å²) in [7, 11) is 4.22. The van der Waals surface area contributed by atoms with E-state index in [-0.39, 0.29) is 12.1 Å². The standard InChI is InChI=1S/C20H33N3O2/c1-20(2,3)25-19(24)22-17-12-11-16(13-17)21-14-18(23(4)5)15-9-7-6-8-10-15/h6-10,16-18,21H,11-14H2,1-5H3,(H,22,24). The van der Waals surface area contributed by atoms with Gasteiger partial charge in [0.1, 0.15) is 5.60 Å². The Balaban J connectivity index is 1.79. The van der Waals surface area contributed by atoms with Gasteiger partial charge in [-0.3, -0.25) is 0 Å². The van der Waals surface area contributed by atoms with Crippen molar-refractivity contribution in [1.82, 2.24) is 15.5 Å².